The fourth-order valence-electron chi connectivity index (χ4n) is 11.7. The lowest BCUT2D eigenvalue weighted by Crippen LogP contribution is -2.61. The number of carboxylic acids is 4. The topological polar surface area (TPSA) is 428 Å². The van der Waals surface area contributed by atoms with Crippen LogP contribution in [0.5, 0.6) is 0 Å². The number of nitrogens with zero attached hydrogens (tertiary/aromatic N) is 4. The number of carbonyl (C=O) groups excluding carboxylic acids is 8. The molecule has 0 bridgehead atoms. The number of aliphatic carboxylic acids is 4. The van der Waals surface area contributed by atoms with Crippen LogP contribution in [-0.4, -0.2) is 217 Å². The van der Waals surface area contributed by atoms with Crippen LogP contribution in [0.15, 0.2) is 54.0 Å². The zero-order chi connectivity index (χ0) is 68.3. The third-order valence-corrected chi connectivity index (χ3v) is 21.1. The molecule has 91 heavy (non-hydrogen) atoms. The van der Waals surface area contributed by atoms with Gasteiger partial charge in [-0.25, -0.2) is 19.2 Å². The van der Waals surface area contributed by atoms with Gasteiger partial charge < -0.3 is 81.7 Å². The largest absolute Gasteiger partial charge is 0.477 e. The average molecular weight is 1350 g/mol. The first-order chi connectivity index (χ1) is 42.7. The highest BCUT2D eigenvalue weighted by molar-refractivity contribution is 8.05. The Hall–Kier alpha value is -6.42. The number of carbonyl (C=O) groups is 12. The molecule has 0 aromatic heterocycles. The molecule has 4 saturated heterocycles. The van der Waals surface area contributed by atoms with Gasteiger partial charge in [0.05, 0.1) is 66.2 Å². The zero-order valence-electron chi connectivity index (χ0n) is 52.4. The molecule has 32 heteroatoms. The van der Waals surface area contributed by atoms with Gasteiger partial charge in [0.15, 0.2) is 0 Å². The Morgan fingerprint density at radius 3 is 1.30 bits per heavy atom. The number of nitrogens with one attached hydrogen (secondary N) is 4. The van der Waals surface area contributed by atoms with E-state index in [1.54, 1.807) is 26.2 Å². The fourth-order valence-corrected chi connectivity index (χ4v) is 15.7. The first-order valence-electron chi connectivity index (χ1n) is 29.9. The first-order valence-corrected chi connectivity index (χ1v) is 33.7. The van der Waals surface area contributed by atoms with Crippen LogP contribution in [0.4, 0.5) is 0 Å². The van der Waals surface area contributed by atoms with E-state index in [2.05, 4.69) is 21.3 Å². The van der Waals surface area contributed by atoms with Crippen molar-refractivity contribution >= 4 is 118 Å². The first kappa shape index (κ1) is 75.3. The number of β-lactam (4-membered cyclic amide) rings is 4. The van der Waals surface area contributed by atoms with Gasteiger partial charge in [-0.2, -0.15) is 0 Å². The Morgan fingerprint density at radius 1 is 0.538 bits per heavy atom. The van der Waals surface area contributed by atoms with Crippen molar-refractivity contribution in [3.8, 4) is 0 Å². The fraction of sp³-hybridized carbons (Fsp3) is 0.627. The van der Waals surface area contributed by atoms with Crippen LogP contribution in [0, 0.1) is 29.1 Å². The van der Waals surface area contributed by atoms with Gasteiger partial charge in [-0.1, -0.05) is 46.4 Å². The van der Waals surface area contributed by atoms with Crippen LogP contribution in [0.25, 0.3) is 0 Å². The summed E-state index contributed by atoms with van der Waals surface area (Å²) < 4.78 is 0. The number of rotatable bonds is 28. The molecule has 0 spiro atoms. The summed E-state index contributed by atoms with van der Waals surface area (Å²) in [4.78, 5) is 147. The van der Waals surface area contributed by atoms with Crippen molar-refractivity contribution < 1.29 is 98.4 Å². The molecule has 504 valence electrons. The molecule has 12 N–H and O–H groups in total. The number of amides is 8. The van der Waals surface area contributed by atoms with Crippen LogP contribution in [0.2, 0.25) is 0 Å². The lowest BCUT2D eigenvalue weighted by atomic mass is 9.83. The van der Waals surface area contributed by atoms with Crippen molar-refractivity contribution in [3.05, 3.63) is 54.0 Å². The van der Waals surface area contributed by atoms with Gasteiger partial charge in [-0.05, 0) is 56.6 Å². The maximum Gasteiger partial charge on any atom is 0.353 e. The minimum absolute atomic E-state index is 0.0156. The van der Waals surface area contributed by atoms with Gasteiger partial charge in [0, 0.05) is 103 Å². The van der Waals surface area contributed by atoms with E-state index in [9.17, 15) is 98.4 Å². The van der Waals surface area contributed by atoms with E-state index >= 15 is 0 Å². The Bertz CT molecular complexity index is 3040. The third kappa shape index (κ3) is 17.2. The Kier molecular flexibility index (Phi) is 27.2. The predicted octanol–water partition coefficient (Wildman–Crippen LogP) is 2.11. The van der Waals surface area contributed by atoms with E-state index in [4.69, 9.17) is 0 Å². The normalized spacial score (nSPS) is 24.7. The molecule has 12 atom stereocenters. The van der Waals surface area contributed by atoms with E-state index in [1.165, 1.54) is 88.8 Å². The van der Waals surface area contributed by atoms with Crippen molar-refractivity contribution in [3.63, 3.8) is 0 Å². The Morgan fingerprint density at radius 2 is 0.923 bits per heavy atom. The van der Waals surface area contributed by atoms with E-state index < -0.39 is 77.4 Å². The highest BCUT2D eigenvalue weighted by Gasteiger charge is 2.59. The van der Waals surface area contributed by atoms with Gasteiger partial charge in [-0.15, -0.1) is 35.3 Å². The summed E-state index contributed by atoms with van der Waals surface area (Å²) in [5.74, 6) is -6.36. The van der Waals surface area contributed by atoms with Gasteiger partial charge in [-0.3, -0.25) is 38.4 Å². The summed E-state index contributed by atoms with van der Waals surface area (Å²) >= 11 is 5.34. The molecule has 28 nitrogen and oxygen atoms in total. The number of aliphatic hydroxyl groups excluding tert-OH is 4. The number of carboxylic acid groups (broad SMARTS) is 4. The molecule has 8 amide bonds. The van der Waals surface area contributed by atoms with Crippen LogP contribution < -0.4 is 21.3 Å². The van der Waals surface area contributed by atoms with Crippen LogP contribution in [0.1, 0.15) is 121 Å². The highest BCUT2D eigenvalue weighted by atomic mass is 32.2. The quantitative estimate of drug-likeness (QED) is 0.0394. The molecule has 0 aliphatic carbocycles. The zero-order valence-corrected chi connectivity index (χ0v) is 55.6. The van der Waals surface area contributed by atoms with E-state index in [1.807, 2.05) is 20.8 Å². The number of thioether (sulfide) groups is 4. The summed E-state index contributed by atoms with van der Waals surface area (Å²) in [6.07, 6.45) is 2.27. The highest BCUT2D eigenvalue weighted by Crippen LogP contribution is 2.50. The molecular formula is C59H84N8O20S4. The molecule has 0 radical (unpaired) electrons. The minimum atomic E-state index is -1.18. The molecule has 8 heterocycles. The molecule has 4 fully saturated rings. The summed E-state index contributed by atoms with van der Waals surface area (Å²) in [6.45, 7) is 17.8. The molecule has 0 saturated carbocycles. The molecular weight excluding hydrogens is 1270 g/mol. The maximum absolute atomic E-state index is 12.2. The summed E-state index contributed by atoms with van der Waals surface area (Å²) in [5.41, 5.74) is -0.356. The average Bonchev–Trinajstić information content (AvgIpc) is 1.64. The van der Waals surface area contributed by atoms with E-state index in [0.717, 1.165) is 40.2 Å². The molecule has 8 aliphatic rings. The predicted molar refractivity (Wildman–Crippen MR) is 337 cm³/mol. The van der Waals surface area contributed by atoms with E-state index in [-0.39, 0.29) is 114 Å². The third-order valence-electron chi connectivity index (χ3n) is 16.6. The SMILES string of the molecule is CC(=O)N/C=C/SC1=C(C(=O)O)N2C(=O)[C@H]([C@@H](C)O)[C@H]2C1.CCC(C)(C)[C@@H](O)C(=O)NCCC(=O)NCCSC1=C(C(=O)O)N2C(=O)[C@H]([C@@H](C)O)[C@H]2C1.CCCSC1=C(C(=O)O)N2C(=O)[C@H]([C@@H](C)O)[C@H]2C1.CC[C@H]1C(=O)N2C(C(=O)O)=C(SCCNC(C)=O)C[C@H]12. The number of aliphatic hydroxyl groups is 4. The van der Waals surface area contributed by atoms with Crippen LogP contribution in [0.3, 0.4) is 0 Å². The standard InChI is InChI=1S/C21H33N3O7S.C13H16N2O5S.C13H18N2O4S.C12H17NO4S/c1-5-21(3,4)17(27)18(28)23-7-6-14(26)22-8-9-32-13-10-12-15(11(2)25)19(29)24(12)16(13)20(30)31;1-6(16)10-8-5-9(21-4-3-14-7(2)17)11(13(19)20)15(8)12(10)18;1-3-8-9-6-10(20-5-4-14-7(2)16)11(13(18)19)15(9)12(8)17;1-3-4-18-8-5-7-9(6(2)14)11(15)13(7)10(8)12(16)17/h11-12,15,17,25,27H,5-10H2,1-4H3,(H,22,26)(H,23,28)(H,30,31);3-4,6,8,10,16H,5H2,1-2H3,(H,14,17)(H,19,20);8-9H,3-6H2,1-2H3,(H,14,16)(H,18,19);6-7,9,14H,3-5H2,1-2H3,(H,16,17)/b;4-3+;;/t11-,12-,15-,17+;6-,8-,10-;8-,9-;6-,7-,9-/m1111/s1. The second-order valence-electron chi connectivity index (χ2n) is 23.3. The van der Waals surface area contributed by atoms with Crippen molar-refractivity contribution in [2.75, 3.05) is 36.9 Å². The Balaban J connectivity index is 0.000000226. The molecule has 8 aliphatic heterocycles. The number of hydrogen-bond acceptors (Lipinski definition) is 20. The molecule has 8 rings (SSSR count). The molecule has 0 unspecified atom stereocenters. The van der Waals surface area contributed by atoms with Gasteiger partial charge in [0.1, 0.15) is 28.9 Å². The summed E-state index contributed by atoms with van der Waals surface area (Å²) in [6, 6.07) is -0.771. The van der Waals surface area contributed by atoms with Gasteiger partial charge in [0.25, 0.3) is 0 Å². The molecule has 0 aromatic carbocycles. The van der Waals surface area contributed by atoms with Crippen molar-refractivity contribution in [1.29, 1.82) is 0 Å². The van der Waals surface area contributed by atoms with E-state index in [0.29, 0.717) is 60.0 Å². The van der Waals surface area contributed by atoms with Crippen molar-refractivity contribution in [1.82, 2.24) is 40.9 Å². The second-order valence-corrected chi connectivity index (χ2v) is 27.9. The number of hydrogen-bond donors (Lipinski definition) is 12. The van der Waals surface area contributed by atoms with Crippen LogP contribution >= 0.6 is 47.0 Å². The van der Waals surface area contributed by atoms with Gasteiger partial charge >= 0.3 is 23.9 Å². The van der Waals surface area contributed by atoms with Crippen molar-refractivity contribution in [2.45, 2.75) is 169 Å². The van der Waals surface area contributed by atoms with Crippen molar-refractivity contribution in [2.24, 2.45) is 29.1 Å². The minimum Gasteiger partial charge on any atom is -0.477 e. The lowest BCUT2D eigenvalue weighted by molar-refractivity contribution is -0.161. The van der Waals surface area contributed by atoms with Gasteiger partial charge in [0.2, 0.25) is 47.3 Å². The number of fused-ring (bicyclic) bond motifs is 4. The monoisotopic (exact) mass is 1350 g/mol. The molecule has 0 aromatic rings. The second kappa shape index (κ2) is 32.9. The lowest BCUT2D eigenvalue weighted by Gasteiger charge is -2.44. The smallest absolute Gasteiger partial charge is 0.353 e. The summed E-state index contributed by atoms with van der Waals surface area (Å²) in [7, 11) is 0. The maximum atomic E-state index is 12.2. The Labute approximate surface area is 543 Å². The van der Waals surface area contributed by atoms with Crippen LogP contribution in [-0.2, 0) is 57.5 Å². The summed E-state index contributed by atoms with van der Waals surface area (Å²) in [5, 5.41) is 88.2.